The molecule has 0 aromatic heterocycles. The van der Waals surface area contributed by atoms with Gasteiger partial charge >= 0.3 is 0 Å². The van der Waals surface area contributed by atoms with E-state index in [1.807, 2.05) is 6.92 Å². The quantitative estimate of drug-likeness (QED) is 0.772. The molecule has 0 aliphatic rings. The molecule has 0 saturated heterocycles. The number of halogens is 1. The third-order valence-corrected chi connectivity index (χ3v) is 4.41. The highest BCUT2D eigenvalue weighted by Crippen LogP contribution is 2.29. The summed E-state index contributed by atoms with van der Waals surface area (Å²) in [7, 11) is 1.75. The SMILES string of the molecule is CCC(CC)N(CCOC)c1ccc([C@H](C)N)c(Br)c1. The third-order valence-electron chi connectivity index (χ3n) is 3.73. The second-order valence-electron chi connectivity index (χ2n) is 5.15. The predicted molar refractivity (Wildman–Crippen MR) is 90.3 cm³/mol. The molecule has 0 aliphatic carbocycles. The Morgan fingerprint density at radius 2 is 1.95 bits per heavy atom. The second kappa shape index (κ2) is 8.65. The van der Waals surface area contributed by atoms with Crippen molar-refractivity contribution in [1.82, 2.24) is 0 Å². The first-order valence-electron chi connectivity index (χ1n) is 7.35. The molecule has 114 valence electrons. The van der Waals surface area contributed by atoms with Crippen LogP contribution in [0.25, 0.3) is 0 Å². The van der Waals surface area contributed by atoms with E-state index in [0.29, 0.717) is 6.04 Å². The van der Waals surface area contributed by atoms with Crippen LogP contribution < -0.4 is 10.6 Å². The molecule has 0 heterocycles. The van der Waals surface area contributed by atoms with E-state index in [1.165, 1.54) is 5.69 Å². The maximum Gasteiger partial charge on any atom is 0.0637 e. The Morgan fingerprint density at radius 3 is 2.40 bits per heavy atom. The van der Waals surface area contributed by atoms with E-state index < -0.39 is 0 Å². The Labute approximate surface area is 131 Å². The van der Waals surface area contributed by atoms with Gasteiger partial charge in [-0.15, -0.1) is 0 Å². The molecule has 1 atom stereocenters. The van der Waals surface area contributed by atoms with Crippen LogP contribution in [0, 0.1) is 0 Å². The molecule has 0 fully saturated rings. The summed E-state index contributed by atoms with van der Waals surface area (Å²) < 4.78 is 6.33. The minimum absolute atomic E-state index is 0.0407. The summed E-state index contributed by atoms with van der Waals surface area (Å²) in [6.07, 6.45) is 2.26. The molecule has 1 aromatic carbocycles. The van der Waals surface area contributed by atoms with E-state index in [0.717, 1.165) is 36.0 Å². The number of nitrogens with two attached hydrogens (primary N) is 1. The van der Waals surface area contributed by atoms with E-state index in [9.17, 15) is 0 Å². The van der Waals surface area contributed by atoms with Crippen molar-refractivity contribution in [3.8, 4) is 0 Å². The average Bonchev–Trinajstić information content (AvgIpc) is 2.43. The summed E-state index contributed by atoms with van der Waals surface area (Å²) in [6, 6.07) is 7.04. The van der Waals surface area contributed by atoms with E-state index in [-0.39, 0.29) is 6.04 Å². The first-order valence-corrected chi connectivity index (χ1v) is 8.15. The van der Waals surface area contributed by atoms with Gasteiger partial charge in [-0.1, -0.05) is 35.8 Å². The Bertz CT molecular complexity index is 405. The number of hydrogen-bond acceptors (Lipinski definition) is 3. The van der Waals surface area contributed by atoms with Crippen molar-refractivity contribution >= 4 is 21.6 Å². The zero-order chi connectivity index (χ0) is 15.1. The van der Waals surface area contributed by atoms with Crippen LogP contribution in [0.1, 0.15) is 45.2 Å². The highest BCUT2D eigenvalue weighted by molar-refractivity contribution is 9.10. The van der Waals surface area contributed by atoms with Gasteiger partial charge in [0, 0.05) is 35.9 Å². The molecule has 0 aliphatic heterocycles. The van der Waals surface area contributed by atoms with E-state index in [1.54, 1.807) is 7.11 Å². The van der Waals surface area contributed by atoms with Crippen molar-refractivity contribution in [2.24, 2.45) is 5.73 Å². The van der Waals surface area contributed by atoms with Gasteiger partial charge in [0.15, 0.2) is 0 Å². The maximum absolute atomic E-state index is 5.97. The van der Waals surface area contributed by atoms with Gasteiger partial charge in [0.1, 0.15) is 0 Å². The topological polar surface area (TPSA) is 38.5 Å². The molecule has 2 N–H and O–H groups in total. The molecule has 0 amide bonds. The van der Waals surface area contributed by atoms with Crippen LogP contribution in [0.2, 0.25) is 0 Å². The van der Waals surface area contributed by atoms with E-state index in [4.69, 9.17) is 10.5 Å². The standard InChI is InChI=1S/C16H27BrN2O/c1-5-13(6-2)19(9-10-20-4)14-7-8-15(12(3)18)16(17)11-14/h7-8,11-13H,5-6,9-10,18H2,1-4H3/t12-/m0/s1. The lowest BCUT2D eigenvalue weighted by atomic mass is 10.1. The fourth-order valence-corrected chi connectivity index (χ4v) is 3.23. The van der Waals surface area contributed by atoms with Crippen LogP contribution in [0.15, 0.2) is 22.7 Å². The Kier molecular flexibility index (Phi) is 7.56. The monoisotopic (exact) mass is 342 g/mol. The lowest BCUT2D eigenvalue weighted by molar-refractivity contribution is 0.202. The molecule has 1 rings (SSSR count). The smallest absolute Gasteiger partial charge is 0.0637 e. The second-order valence-corrected chi connectivity index (χ2v) is 6.01. The lowest BCUT2D eigenvalue weighted by Gasteiger charge is -2.33. The van der Waals surface area contributed by atoms with Gasteiger partial charge in [0.25, 0.3) is 0 Å². The number of anilines is 1. The van der Waals surface area contributed by atoms with Gasteiger partial charge in [-0.05, 0) is 37.5 Å². The molecular formula is C16H27BrN2O. The van der Waals surface area contributed by atoms with Gasteiger partial charge in [-0.3, -0.25) is 0 Å². The summed E-state index contributed by atoms with van der Waals surface area (Å²) in [5, 5.41) is 0. The summed E-state index contributed by atoms with van der Waals surface area (Å²) in [5.41, 5.74) is 8.34. The molecule has 0 unspecified atom stereocenters. The van der Waals surface area contributed by atoms with Crippen LogP contribution in [0.3, 0.4) is 0 Å². The molecule has 3 nitrogen and oxygen atoms in total. The molecule has 0 bridgehead atoms. The van der Waals surface area contributed by atoms with Gasteiger partial charge in [-0.2, -0.15) is 0 Å². The van der Waals surface area contributed by atoms with Crippen LogP contribution in [0.5, 0.6) is 0 Å². The van der Waals surface area contributed by atoms with Gasteiger partial charge in [0.05, 0.1) is 6.61 Å². The molecule has 4 heteroatoms. The van der Waals surface area contributed by atoms with Crippen LogP contribution >= 0.6 is 15.9 Å². The van der Waals surface area contributed by atoms with Crippen molar-refractivity contribution in [2.75, 3.05) is 25.2 Å². The van der Waals surface area contributed by atoms with E-state index >= 15 is 0 Å². The zero-order valence-electron chi connectivity index (χ0n) is 13.0. The number of benzene rings is 1. The number of rotatable bonds is 8. The molecule has 20 heavy (non-hydrogen) atoms. The highest BCUT2D eigenvalue weighted by Gasteiger charge is 2.17. The molecule has 0 saturated carbocycles. The summed E-state index contributed by atoms with van der Waals surface area (Å²) in [4.78, 5) is 2.43. The first kappa shape index (κ1) is 17.5. The molecule has 0 radical (unpaired) electrons. The first-order chi connectivity index (χ1) is 9.54. The van der Waals surface area contributed by atoms with Crippen molar-refractivity contribution in [2.45, 2.75) is 45.7 Å². The summed E-state index contributed by atoms with van der Waals surface area (Å²) in [5.74, 6) is 0. The Hall–Kier alpha value is -0.580. The number of methoxy groups -OCH3 is 1. The van der Waals surface area contributed by atoms with E-state index in [2.05, 4.69) is 52.9 Å². The lowest BCUT2D eigenvalue weighted by Crippen LogP contribution is -2.37. The fraction of sp³-hybridized carbons (Fsp3) is 0.625. The number of ether oxygens (including phenoxy) is 1. The molecule has 0 spiro atoms. The minimum atomic E-state index is 0.0407. The van der Waals surface area contributed by atoms with Gasteiger partial charge in [0.2, 0.25) is 0 Å². The third kappa shape index (κ3) is 4.47. The van der Waals surface area contributed by atoms with Crippen molar-refractivity contribution in [3.63, 3.8) is 0 Å². The average molecular weight is 343 g/mol. The van der Waals surface area contributed by atoms with Crippen molar-refractivity contribution in [1.29, 1.82) is 0 Å². The van der Waals surface area contributed by atoms with Crippen LogP contribution in [-0.4, -0.2) is 26.3 Å². The normalized spacial score (nSPS) is 12.8. The zero-order valence-corrected chi connectivity index (χ0v) is 14.6. The highest BCUT2D eigenvalue weighted by atomic mass is 79.9. The largest absolute Gasteiger partial charge is 0.383 e. The molecule has 1 aromatic rings. The van der Waals surface area contributed by atoms with Crippen LogP contribution in [0.4, 0.5) is 5.69 Å². The number of nitrogens with zero attached hydrogens (tertiary/aromatic N) is 1. The summed E-state index contributed by atoms with van der Waals surface area (Å²) in [6.45, 7) is 8.12. The fourth-order valence-electron chi connectivity index (χ4n) is 2.51. The van der Waals surface area contributed by atoms with Crippen molar-refractivity contribution in [3.05, 3.63) is 28.2 Å². The van der Waals surface area contributed by atoms with Gasteiger partial charge < -0.3 is 15.4 Å². The summed E-state index contributed by atoms with van der Waals surface area (Å²) >= 11 is 3.64. The predicted octanol–water partition coefficient (Wildman–Crippen LogP) is 4.11. The number of hydrogen-bond donors (Lipinski definition) is 1. The van der Waals surface area contributed by atoms with Crippen molar-refractivity contribution < 1.29 is 4.74 Å². The van der Waals surface area contributed by atoms with Crippen LogP contribution in [-0.2, 0) is 4.74 Å². The Balaban J connectivity index is 3.03. The maximum atomic E-state index is 5.97. The van der Waals surface area contributed by atoms with Gasteiger partial charge in [-0.25, -0.2) is 0 Å². The molecular weight excluding hydrogens is 316 g/mol. The Morgan fingerprint density at radius 1 is 1.30 bits per heavy atom. The minimum Gasteiger partial charge on any atom is -0.383 e.